The van der Waals surface area contributed by atoms with E-state index in [9.17, 15) is 5.11 Å². The molecule has 0 bridgehead atoms. The number of rotatable bonds is 1. The first kappa shape index (κ1) is 14.4. The highest BCUT2D eigenvalue weighted by atomic mass is 32.2. The van der Waals surface area contributed by atoms with Crippen molar-refractivity contribution in [1.29, 1.82) is 0 Å². The number of thioether (sulfide) groups is 1. The summed E-state index contributed by atoms with van der Waals surface area (Å²) >= 11 is 1.70. The summed E-state index contributed by atoms with van der Waals surface area (Å²) in [5, 5.41) is 12.5. The van der Waals surface area contributed by atoms with E-state index in [2.05, 4.69) is 47.8 Å². The molecule has 1 aromatic rings. The molecule has 0 heterocycles. The zero-order valence-electron chi connectivity index (χ0n) is 12.0. The van der Waals surface area contributed by atoms with Gasteiger partial charge in [0.15, 0.2) is 5.75 Å². The maximum Gasteiger partial charge on any atom is 0.186 e. The first-order chi connectivity index (χ1) is 7.57. The highest BCUT2D eigenvalue weighted by Gasteiger charge is 2.27. The second-order valence-electron chi connectivity index (χ2n) is 6.55. The number of hydrogen-bond donors (Lipinski definition) is 0. The van der Waals surface area contributed by atoms with Crippen molar-refractivity contribution >= 4 is 11.8 Å². The molecule has 0 aliphatic heterocycles. The zero-order valence-corrected chi connectivity index (χ0v) is 12.8. The molecule has 0 atom stereocenters. The van der Waals surface area contributed by atoms with E-state index >= 15 is 0 Å². The van der Waals surface area contributed by atoms with Crippen molar-refractivity contribution in [3.05, 3.63) is 23.3 Å². The summed E-state index contributed by atoms with van der Waals surface area (Å²) in [6, 6.07) is 4.09. The molecule has 0 amide bonds. The van der Waals surface area contributed by atoms with E-state index in [1.54, 1.807) is 11.8 Å². The van der Waals surface area contributed by atoms with Crippen LogP contribution in [0.15, 0.2) is 17.0 Å². The van der Waals surface area contributed by atoms with Gasteiger partial charge >= 0.3 is 0 Å². The highest BCUT2D eigenvalue weighted by Crippen LogP contribution is 2.41. The minimum absolute atomic E-state index is 0.0944. The van der Waals surface area contributed by atoms with Gasteiger partial charge in [0.2, 0.25) is 0 Å². The maximum atomic E-state index is 12.5. The Kier molecular flexibility index (Phi) is 3.87. The summed E-state index contributed by atoms with van der Waals surface area (Å²) < 4.78 is 0. The fourth-order valence-electron chi connectivity index (χ4n) is 1.83. The zero-order chi connectivity index (χ0) is 13.4. The van der Waals surface area contributed by atoms with Crippen molar-refractivity contribution in [3.8, 4) is 5.75 Å². The van der Waals surface area contributed by atoms with Crippen LogP contribution in [0.1, 0.15) is 52.7 Å². The lowest BCUT2D eigenvalue weighted by atomic mass is 9.79. The second kappa shape index (κ2) is 4.56. The van der Waals surface area contributed by atoms with Gasteiger partial charge in [-0.2, -0.15) is 0 Å². The Labute approximate surface area is 110 Å². The van der Waals surface area contributed by atoms with Gasteiger partial charge in [-0.25, -0.2) is 0 Å². The van der Waals surface area contributed by atoms with E-state index in [0.29, 0.717) is 0 Å². The molecule has 0 saturated carbocycles. The standard InChI is InChI=1S/C15H23OS/c1-14(2,3)11-8-10(17-7)9-12(13(11)16)15(4,5)6/h8-9H,1-7H3. The quantitative estimate of drug-likeness (QED) is 0.632. The maximum absolute atomic E-state index is 12.5. The number of benzene rings is 1. The third-order valence-electron chi connectivity index (χ3n) is 2.91. The van der Waals surface area contributed by atoms with Crippen molar-refractivity contribution < 1.29 is 5.11 Å². The first-order valence-electron chi connectivity index (χ1n) is 5.97. The molecule has 95 valence electrons. The summed E-state index contributed by atoms with van der Waals surface area (Å²) in [6.45, 7) is 12.6. The van der Waals surface area contributed by atoms with Gasteiger partial charge in [0.05, 0.1) is 0 Å². The summed E-state index contributed by atoms with van der Waals surface area (Å²) in [4.78, 5) is 1.18. The molecular weight excluding hydrogens is 228 g/mol. The van der Waals surface area contributed by atoms with Gasteiger partial charge in [0.1, 0.15) is 0 Å². The Morgan fingerprint density at radius 3 is 1.47 bits per heavy atom. The molecule has 0 fully saturated rings. The molecule has 0 aromatic heterocycles. The highest BCUT2D eigenvalue weighted by molar-refractivity contribution is 7.98. The van der Waals surface area contributed by atoms with Crippen LogP contribution in [0.4, 0.5) is 0 Å². The van der Waals surface area contributed by atoms with Gasteiger partial charge in [-0.1, -0.05) is 41.5 Å². The summed E-state index contributed by atoms with van der Waals surface area (Å²) in [6.07, 6.45) is 2.05. The Morgan fingerprint density at radius 1 is 0.882 bits per heavy atom. The molecule has 0 saturated heterocycles. The molecule has 0 unspecified atom stereocenters. The lowest BCUT2D eigenvalue weighted by molar-refractivity contribution is 0.326. The minimum atomic E-state index is -0.0944. The van der Waals surface area contributed by atoms with E-state index < -0.39 is 0 Å². The Morgan fingerprint density at radius 2 is 1.24 bits per heavy atom. The molecule has 2 heteroatoms. The first-order valence-corrected chi connectivity index (χ1v) is 7.20. The van der Waals surface area contributed by atoms with E-state index in [1.165, 1.54) is 4.90 Å². The van der Waals surface area contributed by atoms with Crippen LogP contribution in [0, 0.1) is 0 Å². The van der Waals surface area contributed by atoms with Crippen LogP contribution in [0.2, 0.25) is 0 Å². The Hall–Kier alpha value is -0.630. The van der Waals surface area contributed by atoms with E-state index in [1.807, 2.05) is 12.1 Å². The largest absolute Gasteiger partial charge is 0.289 e. The van der Waals surface area contributed by atoms with Crippen LogP contribution in [0.3, 0.4) is 0 Å². The second-order valence-corrected chi connectivity index (χ2v) is 7.43. The van der Waals surface area contributed by atoms with Gasteiger partial charge in [0, 0.05) is 16.0 Å². The van der Waals surface area contributed by atoms with Crippen molar-refractivity contribution in [2.75, 3.05) is 6.26 Å². The van der Waals surface area contributed by atoms with Gasteiger partial charge < -0.3 is 0 Å². The third kappa shape index (κ3) is 3.19. The molecule has 0 aliphatic carbocycles. The van der Waals surface area contributed by atoms with Crippen LogP contribution in [-0.2, 0) is 15.9 Å². The molecule has 1 radical (unpaired) electrons. The van der Waals surface area contributed by atoms with Crippen LogP contribution in [0.5, 0.6) is 5.75 Å². The lowest BCUT2D eigenvalue weighted by Gasteiger charge is -2.26. The molecule has 1 nitrogen and oxygen atoms in total. The van der Waals surface area contributed by atoms with E-state index in [-0.39, 0.29) is 16.6 Å². The minimum Gasteiger partial charge on any atom is -0.289 e. The SMILES string of the molecule is CSc1cc(C(C)(C)C)c([O])c(C(C)(C)C)c1. The molecule has 0 N–H and O–H groups in total. The van der Waals surface area contributed by atoms with Crippen LogP contribution in [0.25, 0.3) is 0 Å². The normalized spacial score (nSPS) is 12.9. The van der Waals surface area contributed by atoms with Gasteiger partial charge in [-0.05, 0) is 29.2 Å². The monoisotopic (exact) mass is 251 g/mol. The van der Waals surface area contributed by atoms with E-state index in [0.717, 1.165) is 11.1 Å². The molecular formula is C15H23OS. The number of hydrogen-bond acceptors (Lipinski definition) is 1. The van der Waals surface area contributed by atoms with Crippen molar-refractivity contribution in [1.82, 2.24) is 0 Å². The lowest BCUT2D eigenvalue weighted by Crippen LogP contribution is -2.17. The average Bonchev–Trinajstić information content (AvgIpc) is 2.14. The van der Waals surface area contributed by atoms with E-state index in [4.69, 9.17) is 0 Å². The van der Waals surface area contributed by atoms with Crippen molar-refractivity contribution in [2.45, 2.75) is 57.3 Å². The van der Waals surface area contributed by atoms with Gasteiger partial charge in [-0.3, -0.25) is 5.11 Å². The predicted molar refractivity (Wildman–Crippen MR) is 75.8 cm³/mol. The predicted octanol–water partition coefficient (Wildman–Crippen LogP) is 5.15. The van der Waals surface area contributed by atoms with Crippen molar-refractivity contribution in [2.24, 2.45) is 0 Å². The summed E-state index contributed by atoms with van der Waals surface area (Å²) in [5.74, 6) is 0.211. The topological polar surface area (TPSA) is 19.9 Å². The van der Waals surface area contributed by atoms with Crippen molar-refractivity contribution in [3.63, 3.8) is 0 Å². The van der Waals surface area contributed by atoms with Gasteiger partial charge in [-0.15, -0.1) is 11.8 Å². The third-order valence-corrected chi connectivity index (χ3v) is 3.62. The fraction of sp³-hybridized carbons (Fsp3) is 0.600. The fourth-order valence-corrected chi connectivity index (χ4v) is 2.31. The smallest absolute Gasteiger partial charge is 0.186 e. The molecule has 17 heavy (non-hydrogen) atoms. The van der Waals surface area contributed by atoms with Crippen LogP contribution in [-0.4, -0.2) is 6.26 Å². The Bertz CT molecular complexity index is 373. The molecule has 1 aromatic carbocycles. The average molecular weight is 251 g/mol. The van der Waals surface area contributed by atoms with Crippen LogP contribution < -0.4 is 0 Å². The Balaban J connectivity index is 3.53. The molecule has 0 spiro atoms. The van der Waals surface area contributed by atoms with Crippen LogP contribution >= 0.6 is 11.8 Å². The summed E-state index contributed by atoms with van der Waals surface area (Å²) in [7, 11) is 0. The molecule has 0 aliphatic rings. The van der Waals surface area contributed by atoms with Gasteiger partial charge in [0.25, 0.3) is 0 Å². The molecule has 1 rings (SSSR count). The summed E-state index contributed by atoms with van der Waals surface area (Å²) in [5.41, 5.74) is 1.66.